The van der Waals surface area contributed by atoms with E-state index in [0.717, 1.165) is 38.1 Å². The average molecular weight is 589 g/mol. The monoisotopic (exact) mass is 588 g/mol. The Kier molecular flexibility index (Phi) is 8.00. The number of benzene rings is 5. The van der Waals surface area contributed by atoms with Gasteiger partial charge in [0.05, 0.1) is 63.1 Å². The summed E-state index contributed by atoms with van der Waals surface area (Å²) in [5.74, 6) is 6.34. The number of H-pyrrole nitrogens is 1. The first-order chi connectivity index (χ1) is 21.1. The number of aromatic nitrogens is 2. The highest BCUT2D eigenvalue weighted by Crippen LogP contribution is 2.38. The van der Waals surface area contributed by atoms with Gasteiger partial charge in [0.1, 0.15) is 11.4 Å². The van der Waals surface area contributed by atoms with Gasteiger partial charge in [-0.2, -0.15) is 21.0 Å². The van der Waals surface area contributed by atoms with E-state index < -0.39 is 5.60 Å². The van der Waals surface area contributed by atoms with E-state index in [1.54, 1.807) is 56.3 Å². The second-order valence-corrected chi connectivity index (χ2v) is 10.8. The minimum atomic E-state index is -1.10. The lowest BCUT2D eigenvalue weighted by molar-refractivity contribution is 0.143. The molecule has 0 saturated heterocycles. The number of fused-ring (bicyclic) bond motifs is 6. The zero-order valence-electron chi connectivity index (χ0n) is 23.6. The third kappa shape index (κ3) is 5.91. The van der Waals surface area contributed by atoms with Crippen molar-refractivity contribution in [2.75, 3.05) is 0 Å². The first kappa shape index (κ1) is 29.4. The van der Waals surface area contributed by atoms with Gasteiger partial charge in [0.25, 0.3) is 0 Å². The molecule has 0 unspecified atom stereocenters. The Labute approximate surface area is 258 Å². The molecule has 2 N–H and O–H groups in total. The van der Waals surface area contributed by atoms with E-state index in [-0.39, 0.29) is 0 Å². The zero-order valence-corrected chi connectivity index (χ0v) is 24.3. The summed E-state index contributed by atoms with van der Waals surface area (Å²) in [6.45, 7) is 3.28. The SMILES string of the molecule is CC(C)(O)C#Cc1ccc2c(c1)c1cc(Cl)ccc1c1nc(-c3c(C#N)cccc3C#N)[nH]c21.N#Cc1cccc(C#N)c1. The number of nitrogens with zero attached hydrogens (tertiary/aromatic N) is 5. The topological polar surface area (TPSA) is 144 Å². The molecule has 5 aromatic carbocycles. The fourth-order valence-electron chi connectivity index (χ4n) is 4.77. The van der Waals surface area contributed by atoms with Crippen molar-refractivity contribution in [1.82, 2.24) is 9.97 Å². The highest BCUT2D eigenvalue weighted by molar-refractivity contribution is 6.33. The van der Waals surface area contributed by atoms with Crippen LogP contribution in [-0.2, 0) is 0 Å². The lowest BCUT2D eigenvalue weighted by atomic mass is 9.98. The van der Waals surface area contributed by atoms with Crippen LogP contribution in [-0.4, -0.2) is 20.7 Å². The molecule has 1 heterocycles. The summed E-state index contributed by atoms with van der Waals surface area (Å²) in [5.41, 5.74) is 3.45. The van der Waals surface area contributed by atoms with Crippen LogP contribution in [0.5, 0.6) is 0 Å². The van der Waals surface area contributed by atoms with Gasteiger partial charge in [-0.15, -0.1) is 0 Å². The number of nitriles is 4. The second kappa shape index (κ2) is 12.0. The Morgan fingerprint density at radius 1 is 0.705 bits per heavy atom. The maximum absolute atomic E-state index is 9.99. The van der Waals surface area contributed by atoms with Crippen LogP contribution in [0.15, 0.2) is 78.9 Å². The molecule has 0 bridgehead atoms. The van der Waals surface area contributed by atoms with E-state index in [1.165, 1.54) is 0 Å². The molecule has 0 aliphatic heterocycles. The number of aliphatic hydroxyl groups is 1. The maximum atomic E-state index is 9.99. The van der Waals surface area contributed by atoms with E-state index in [2.05, 4.69) is 29.0 Å². The summed E-state index contributed by atoms with van der Waals surface area (Å²) in [4.78, 5) is 8.20. The van der Waals surface area contributed by atoms with E-state index in [1.807, 2.05) is 48.5 Å². The lowest BCUT2D eigenvalue weighted by Crippen LogP contribution is -2.14. The number of imidazole rings is 1. The molecule has 0 saturated carbocycles. The fraction of sp³-hybridized carbons (Fsp3) is 0.0833. The smallest absolute Gasteiger partial charge is 0.141 e. The number of nitrogens with one attached hydrogen (secondary N) is 1. The molecular formula is C36H21ClN6O. The van der Waals surface area contributed by atoms with Crippen molar-refractivity contribution in [3.8, 4) is 47.5 Å². The maximum Gasteiger partial charge on any atom is 0.141 e. The van der Waals surface area contributed by atoms with Crippen molar-refractivity contribution >= 4 is 44.2 Å². The molecule has 7 nitrogen and oxygen atoms in total. The van der Waals surface area contributed by atoms with Gasteiger partial charge in [-0.25, -0.2) is 4.98 Å². The molecular weight excluding hydrogens is 568 g/mol. The molecule has 0 radical (unpaired) electrons. The van der Waals surface area contributed by atoms with E-state index >= 15 is 0 Å². The summed E-state index contributed by atoms with van der Waals surface area (Å²) >= 11 is 6.35. The molecule has 0 spiro atoms. The normalized spacial score (nSPS) is 10.5. The number of hydrogen-bond donors (Lipinski definition) is 2. The third-order valence-corrected chi connectivity index (χ3v) is 6.93. The van der Waals surface area contributed by atoms with Crippen molar-refractivity contribution in [2.45, 2.75) is 19.4 Å². The second-order valence-electron chi connectivity index (χ2n) is 10.3. The largest absolute Gasteiger partial charge is 0.378 e. The van der Waals surface area contributed by atoms with Crippen molar-refractivity contribution in [1.29, 1.82) is 21.0 Å². The molecule has 0 aliphatic carbocycles. The van der Waals surface area contributed by atoms with Gasteiger partial charge in [-0.3, -0.25) is 0 Å². The Morgan fingerprint density at radius 3 is 1.93 bits per heavy atom. The molecule has 6 aromatic rings. The van der Waals surface area contributed by atoms with E-state index in [4.69, 9.17) is 27.1 Å². The van der Waals surface area contributed by atoms with Crippen LogP contribution in [0.1, 0.15) is 41.7 Å². The molecule has 6 rings (SSSR count). The van der Waals surface area contributed by atoms with Crippen molar-refractivity contribution in [3.63, 3.8) is 0 Å². The van der Waals surface area contributed by atoms with Gasteiger partial charge < -0.3 is 10.1 Å². The van der Waals surface area contributed by atoms with Crippen LogP contribution >= 0.6 is 11.6 Å². The summed E-state index contributed by atoms with van der Waals surface area (Å²) in [6.07, 6.45) is 0. The molecule has 208 valence electrons. The Morgan fingerprint density at radius 2 is 1.32 bits per heavy atom. The van der Waals surface area contributed by atoms with Gasteiger partial charge in [0, 0.05) is 21.4 Å². The van der Waals surface area contributed by atoms with Crippen LogP contribution in [0, 0.1) is 57.2 Å². The van der Waals surface area contributed by atoms with Crippen molar-refractivity contribution in [2.24, 2.45) is 0 Å². The first-order valence-corrected chi connectivity index (χ1v) is 13.7. The molecule has 1 aromatic heterocycles. The summed E-state index contributed by atoms with van der Waals surface area (Å²) in [7, 11) is 0. The predicted octanol–water partition coefficient (Wildman–Crippen LogP) is 7.49. The van der Waals surface area contributed by atoms with Gasteiger partial charge >= 0.3 is 0 Å². The average Bonchev–Trinajstić information content (AvgIpc) is 3.48. The number of halogens is 1. The number of rotatable bonds is 1. The Bertz CT molecular complexity index is 2280. The van der Waals surface area contributed by atoms with Crippen molar-refractivity contribution in [3.05, 3.63) is 112 Å². The number of aromatic amines is 1. The summed E-state index contributed by atoms with van der Waals surface area (Å²) in [6, 6.07) is 31.3. The van der Waals surface area contributed by atoms with Crippen molar-refractivity contribution < 1.29 is 5.11 Å². The highest BCUT2D eigenvalue weighted by Gasteiger charge is 2.18. The van der Waals surface area contributed by atoms with E-state index in [9.17, 15) is 15.6 Å². The standard InChI is InChI=1S/C28H17ClN4O.C8H4N2/c1-28(2,34)11-10-16-6-8-20-22(12-16)23-13-19(29)7-9-21(23)26-25(20)32-27(33-26)24-17(14-30)4-3-5-18(24)15-31;9-5-7-2-1-3-8(4-7)6-10/h3-9,12-13,34H,1-2H3,(H,32,33);1-4H. The summed E-state index contributed by atoms with van der Waals surface area (Å²) in [5, 5.41) is 50.3. The first-order valence-electron chi connectivity index (χ1n) is 13.3. The van der Waals surface area contributed by atoms with Crippen LogP contribution < -0.4 is 0 Å². The van der Waals surface area contributed by atoms with Gasteiger partial charge in [0.2, 0.25) is 0 Å². The highest BCUT2D eigenvalue weighted by atomic mass is 35.5. The Hall–Kier alpha value is -6.14. The molecule has 0 fully saturated rings. The fourth-order valence-corrected chi connectivity index (χ4v) is 4.94. The Balaban J connectivity index is 0.000000328. The lowest BCUT2D eigenvalue weighted by Gasteiger charge is -2.08. The molecule has 8 heteroatoms. The molecule has 0 aliphatic rings. The van der Waals surface area contributed by atoms with Crippen LogP contribution in [0.25, 0.3) is 44.0 Å². The van der Waals surface area contributed by atoms with Gasteiger partial charge in [-0.05, 0) is 79.2 Å². The molecule has 44 heavy (non-hydrogen) atoms. The van der Waals surface area contributed by atoms with Crippen LogP contribution in [0.3, 0.4) is 0 Å². The number of hydrogen-bond acceptors (Lipinski definition) is 6. The zero-order chi connectivity index (χ0) is 31.4. The van der Waals surface area contributed by atoms with Gasteiger partial charge in [-0.1, -0.05) is 47.7 Å². The van der Waals surface area contributed by atoms with Gasteiger partial charge in [0.15, 0.2) is 0 Å². The summed E-state index contributed by atoms with van der Waals surface area (Å²) < 4.78 is 0. The molecule has 0 atom stereocenters. The van der Waals surface area contributed by atoms with E-state index in [0.29, 0.717) is 38.7 Å². The minimum Gasteiger partial charge on any atom is -0.378 e. The quantitative estimate of drug-likeness (QED) is 0.150. The third-order valence-electron chi connectivity index (χ3n) is 6.70. The minimum absolute atomic E-state index is 0.374. The van der Waals surface area contributed by atoms with Crippen LogP contribution in [0.4, 0.5) is 0 Å². The predicted molar refractivity (Wildman–Crippen MR) is 170 cm³/mol. The van der Waals surface area contributed by atoms with Crippen LogP contribution in [0.2, 0.25) is 5.02 Å². The molecule has 0 amide bonds.